The quantitative estimate of drug-likeness (QED) is 0.942. The van der Waals surface area contributed by atoms with Crippen molar-refractivity contribution < 1.29 is 4.74 Å². The average Bonchev–Trinajstić information content (AvgIpc) is 2.43. The van der Waals surface area contributed by atoms with E-state index < -0.39 is 0 Å². The maximum absolute atomic E-state index is 6.09. The van der Waals surface area contributed by atoms with Crippen LogP contribution in [0, 0.1) is 0 Å². The van der Waals surface area contributed by atoms with Crippen LogP contribution in [0.15, 0.2) is 30.3 Å². The smallest absolute Gasteiger partial charge is 0.233 e. The fourth-order valence-electron chi connectivity index (χ4n) is 1.66. The predicted molar refractivity (Wildman–Crippen MR) is 75.7 cm³/mol. The van der Waals surface area contributed by atoms with Crippen molar-refractivity contribution in [3.8, 4) is 5.88 Å². The molecule has 0 amide bonds. The Balaban J connectivity index is 2.10. The van der Waals surface area contributed by atoms with Gasteiger partial charge in [0.2, 0.25) is 5.88 Å². The van der Waals surface area contributed by atoms with E-state index in [1.54, 1.807) is 31.4 Å². The van der Waals surface area contributed by atoms with Gasteiger partial charge in [-0.05, 0) is 30.2 Å². The molecule has 2 N–H and O–H groups in total. The molecule has 1 aromatic heterocycles. The van der Waals surface area contributed by atoms with Crippen molar-refractivity contribution in [2.45, 2.75) is 12.5 Å². The van der Waals surface area contributed by atoms with Crippen LogP contribution in [0.3, 0.4) is 0 Å². The van der Waals surface area contributed by atoms with Crippen molar-refractivity contribution in [1.82, 2.24) is 10.2 Å². The third-order valence-corrected chi connectivity index (χ3v) is 3.43. The lowest BCUT2D eigenvalue weighted by atomic mass is 10.0. The van der Waals surface area contributed by atoms with E-state index in [0.717, 1.165) is 5.56 Å². The molecule has 0 aliphatic carbocycles. The molecule has 1 aromatic carbocycles. The second kappa shape index (κ2) is 6.19. The summed E-state index contributed by atoms with van der Waals surface area (Å²) in [6.07, 6.45) is 0.609. The Labute approximate surface area is 121 Å². The first-order valence-corrected chi connectivity index (χ1v) is 6.43. The van der Waals surface area contributed by atoms with E-state index in [-0.39, 0.29) is 6.04 Å². The van der Waals surface area contributed by atoms with Crippen LogP contribution < -0.4 is 10.5 Å². The minimum absolute atomic E-state index is 0.254. The standard InChI is InChI=1S/C13H13Cl2N3O/c1-19-13-5-4-12(17-18-13)11(16)7-8-2-3-9(14)10(15)6-8/h2-6,11H,7,16H2,1H3. The zero-order valence-electron chi connectivity index (χ0n) is 10.3. The number of nitrogens with zero attached hydrogens (tertiary/aromatic N) is 2. The molecule has 1 atom stereocenters. The molecule has 6 heteroatoms. The van der Waals surface area contributed by atoms with Gasteiger partial charge in [0.15, 0.2) is 0 Å². The molecule has 0 spiro atoms. The summed E-state index contributed by atoms with van der Waals surface area (Å²) < 4.78 is 4.95. The lowest BCUT2D eigenvalue weighted by molar-refractivity contribution is 0.390. The minimum Gasteiger partial charge on any atom is -0.480 e. The second-order valence-corrected chi connectivity index (χ2v) is 4.87. The Hall–Kier alpha value is -1.36. The zero-order valence-corrected chi connectivity index (χ0v) is 11.8. The van der Waals surface area contributed by atoms with Gasteiger partial charge in [0.05, 0.1) is 28.9 Å². The van der Waals surface area contributed by atoms with Crippen molar-refractivity contribution in [3.05, 3.63) is 51.6 Å². The van der Waals surface area contributed by atoms with E-state index in [0.29, 0.717) is 28.0 Å². The highest BCUT2D eigenvalue weighted by Crippen LogP contribution is 2.24. The van der Waals surface area contributed by atoms with Crippen LogP contribution in [-0.2, 0) is 6.42 Å². The summed E-state index contributed by atoms with van der Waals surface area (Å²) in [6.45, 7) is 0. The Kier molecular flexibility index (Phi) is 4.58. The van der Waals surface area contributed by atoms with Gasteiger partial charge in [-0.1, -0.05) is 29.3 Å². The number of hydrogen-bond acceptors (Lipinski definition) is 4. The molecule has 19 heavy (non-hydrogen) atoms. The number of methoxy groups -OCH3 is 1. The number of ether oxygens (including phenoxy) is 1. The van der Waals surface area contributed by atoms with Crippen LogP contribution in [0.1, 0.15) is 17.3 Å². The van der Waals surface area contributed by atoms with Crippen molar-refractivity contribution in [2.75, 3.05) is 7.11 Å². The van der Waals surface area contributed by atoms with Crippen LogP contribution in [0.25, 0.3) is 0 Å². The van der Waals surface area contributed by atoms with Gasteiger partial charge in [0.1, 0.15) is 0 Å². The highest BCUT2D eigenvalue weighted by atomic mass is 35.5. The second-order valence-electron chi connectivity index (χ2n) is 4.06. The minimum atomic E-state index is -0.254. The fourth-order valence-corrected chi connectivity index (χ4v) is 1.98. The van der Waals surface area contributed by atoms with Crippen molar-refractivity contribution in [3.63, 3.8) is 0 Å². The molecule has 0 aliphatic heterocycles. The molecular formula is C13H13Cl2N3O. The van der Waals surface area contributed by atoms with Gasteiger partial charge in [0.25, 0.3) is 0 Å². The molecule has 0 bridgehead atoms. The van der Waals surface area contributed by atoms with E-state index in [1.807, 2.05) is 6.07 Å². The summed E-state index contributed by atoms with van der Waals surface area (Å²) in [6, 6.07) is 8.73. The van der Waals surface area contributed by atoms with E-state index in [1.165, 1.54) is 0 Å². The third kappa shape index (κ3) is 3.56. The predicted octanol–water partition coefficient (Wildman–Crippen LogP) is 3.03. The summed E-state index contributed by atoms with van der Waals surface area (Å²) in [4.78, 5) is 0. The average molecular weight is 298 g/mol. The first-order chi connectivity index (χ1) is 9.10. The number of nitrogens with two attached hydrogens (primary N) is 1. The Bertz CT molecular complexity index is 560. The monoisotopic (exact) mass is 297 g/mol. The molecule has 1 heterocycles. The summed E-state index contributed by atoms with van der Waals surface area (Å²) in [5.41, 5.74) is 7.79. The number of benzene rings is 1. The van der Waals surface area contributed by atoms with Crippen LogP contribution in [-0.4, -0.2) is 17.3 Å². The van der Waals surface area contributed by atoms with Gasteiger partial charge in [0, 0.05) is 6.07 Å². The molecule has 0 aliphatic rings. The fraction of sp³-hybridized carbons (Fsp3) is 0.231. The third-order valence-electron chi connectivity index (χ3n) is 2.69. The molecule has 2 rings (SSSR count). The largest absolute Gasteiger partial charge is 0.480 e. The van der Waals surface area contributed by atoms with Gasteiger partial charge < -0.3 is 10.5 Å². The van der Waals surface area contributed by atoms with E-state index in [9.17, 15) is 0 Å². The van der Waals surface area contributed by atoms with Crippen molar-refractivity contribution in [2.24, 2.45) is 5.73 Å². The highest BCUT2D eigenvalue weighted by molar-refractivity contribution is 6.42. The van der Waals surface area contributed by atoms with Gasteiger partial charge in [-0.2, -0.15) is 5.10 Å². The molecule has 2 aromatic rings. The van der Waals surface area contributed by atoms with Gasteiger partial charge in [-0.3, -0.25) is 0 Å². The summed E-state index contributed by atoms with van der Waals surface area (Å²) in [7, 11) is 1.54. The lowest BCUT2D eigenvalue weighted by Crippen LogP contribution is -2.15. The maximum atomic E-state index is 6.09. The molecule has 0 saturated heterocycles. The molecule has 1 unspecified atom stereocenters. The molecule has 0 saturated carbocycles. The Morgan fingerprint density at radius 2 is 1.95 bits per heavy atom. The molecule has 0 radical (unpaired) electrons. The number of rotatable bonds is 4. The zero-order chi connectivity index (χ0) is 13.8. The molecule has 4 nitrogen and oxygen atoms in total. The Morgan fingerprint density at radius 3 is 2.53 bits per heavy atom. The number of hydrogen-bond donors (Lipinski definition) is 1. The van der Waals surface area contributed by atoms with E-state index in [2.05, 4.69) is 10.2 Å². The van der Waals surface area contributed by atoms with Crippen LogP contribution in [0.4, 0.5) is 0 Å². The first kappa shape index (κ1) is 14.1. The van der Waals surface area contributed by atoms with Gasteiger partial charge >= 0.3 is 0 Å². The number of halogens is 2. The van der Waals surface area contributed by atoms with E-state index in [4.69, 9.17) is 33.7 Å². The summed E-state index contributed by atoms with van der Waals surface area (Å²) in [5, 5.41) is 8.97. The lowest BCUT2D eigenvalue weighted by Gasteiger charge is -2.11. The van der Waals surface area contributed by atoms with Gasteiger partial charge in [-0.15, -0.1) is 5.10 Å². The van der Waals surface area contributed by atoms with Gasteiger partial charge in [-0.25, -0.2) is 0 Å². The number of aromatic nitrogens is 2. The molecule has 0 fully saturated rings. The normalized spacial score (nSPS) is 12.2. The van der Waals surface area contributed by atoms with E-state index >= 15 is 0 Å². The van der Waals surface area contributed by atoms with Crippen LogP contribution in [0.2, 0.25) is 10.0 Å². The SMILES string of the molecule is COc1ccc(C(N)Cc2ccc(Cl)c(Cl)c2)nn1. The molecule has 100 valence electrons. The summed E-state index contributed by atoms with van der Waals surface area (Å²) >= 11 is 11.8. The topological polar surface area (TPSA) is 61.0 Å². The molecular weight excluding hydrogens is 285 g/mol. The Morgan fingerprint density at radius 1 is 1.16 bits per heavy atom. The van der Waals surface area contributed by atoms with Crippen molar-refractivity contribution >= 4 is 23.2 Å². The van der Waals surface area contributed by atoms with Crippen LogP contribution in [0.5, 0.6) is 5.88 Å². The summed E-state index contributed by atoms with van der Waals surface area (Å²) in [5.74, 6) is 0.463. The maximum Gasteiger partial charge on any atom is 0.233 e. The first-order valence-electron chi connectivity index (χ1n) is 5.67. The highest BCUT2D eigenvalue weighted by Gasteiger charge is 2.10. The van der Waals surface area contributed by atoms with Crippen molar-refractivity contribution in [1.29, 1.82) is 0 Å². The van der Waals surface area contributed by atoms with Crippen LogP contribution >= 0.6 is 23.2 Å².